The number of unbranched alkanes of at least 4 members (excludes halogenated alkanes) is 3. The van der Waals surface area contributed by atoms with Gasteiger partial charge in [0.1, 0.15) is 11.6 Å². The van der Waals surface area contributed by atoms with Crippen LogP contribution >= 0.6 is 15.9 Å². The van der Waals surface area contributed by atoms with E-state index in [1.54, 1.807) is 0 Å². The topological polar surface area (TPSA) is 12.0 Å². The molecule has 0 bridgehead atoms. The van der Waals surface area contributed by atoms with Gasteiger partial charge in [0.25, 0.3) is 0 Å². The fourth-order valence-corrected chi connectivity index (χ4v) is 2.01. The Bertz CT molecular complexity index is 311. The number of rotatable bonds is 8. The smallest absolute Gasteiger partial charge is 0.130 e. The van der Waals surface area contributed by atoms with Crippen LogP contribution in [0.5, 0.6) is 0 Å². The third kappa shape index (κ3) is 5.59. The van der Waals surface area contributed by atoms with Crippen LogP contribution in [0, 0.1) is 11.6 Å². The van der Waals surface area contributed by atoms with Crippen LogP contribution in [0.1, 0.15) is 31.2 Å². The summed E-state index contributed by atoms with van der Waals surface area (Å²) in [6.45, 7) is 1.06. The van der Waals surface area contributed by atoms with Gasteiger partial charge in [-0.15, -0.1) is 0 Å². The van der Waals surface area contributed by atoms with Gasteiger partial charge in [-0.05, 0) is 31.5 Å². The van der Waals surface area contributed by atoms with Crippen LogP contribution in [0.2, 0.25) is 0 Å². The van der Waals surface area contributed by atoms with Gasteiger partial charge in [-0.25, -0.2) is 8.78 Å². The van der Waals surface area contributed by atoms with Gasteiger partial charge >= 0.3 is 0 Å². The Balaban J connectivity index is 2.18. The zero-order chi connectivity index (χ0) is 12.5. The predicted molar refractivity (Wildman–Crippen MR) is 70.3 cm³/mol. The van der Waals surface area contributed by atoms with Gasteiger partial charge in [0.15, 0.2) is 0 Å². The number of benzene rings is 1. The highest BCUT2D eigenvalue weighted by molar-refractivity contribution is 9.09. The highest BCUT2D eigenvalue weighted by atomic mass is 79.9. The van der Waals surface area contributed by atoms with Crippen LogP contribution in [0.3, 0.4) is 0 Å². The van der Waals surface area contributed by atoms with Crippen LogP contribution in [0.4, 0.5) is 8.78 Å². The van der Waals surface area contributed by atoms with Crippen LogP contribution < -0.4 is 5.32 Å². The van der Waals surface area contributed by atoms with Crippen LogP contribution in [0.25, 0.3) is 0 Å². The minimum atomic E-state index is -0.475. The summed E-state index contributed by atoms with van der Waals surface area (Å²) in [7, 11) is 0. The lowest BCUT2D eigenvalue weighted by Crippen LogP contribution is -2.16. The molecule has 0 fully saturated rings. The molecule has 96 valence electrons. The summed E-state index contributed by atoms with van der Waals surface area (Å²) in [5.74, 6) is -0.950. The van der Waals surface area contributed by atoms with Crippen molar-refractivity contribution >= 4 is 15.9 Å². The fourth-order valence-electron chi connectivity index (χ4n) is 1.61. The van der Waals surface area contributed by atoms with Gasteiger partial charge in [-0.2, -0.15) is 0 Å². The first kappa shape index (κ1) is 14.6. The summed E-state index contributed by atoms with van der Waals surface area (Å²) in [5, 5.41) is 4.11. The SMILES string of the molecule is Fc1cccc(F)c1CNCCCCCCBr. The van der Waals surface area contributed by atoms with Crippen LogP contribution in [-0.2, 0) is 6.54 Å². The summed E-state index contributed by atoms with van der Waals surface area (Å²) in [6.07, 6.45) is 4.57. The Kier molecular flexibility index (Phi) is 7.37. The molecule has 0 aliphatic heterocycles. The molecule has 0 amide bonds. The van der Waals surface area contributed by atoms with E-state index in [2.05, 4.69) is 21.2 Å². The zero-order valence-corrected chi connectivity index (χ0v) is 11.4. The molecule has 1 N–H and O–H groups in total. The average Bonchev–Trinajstić information content (AvgIpc) is 2.31. The largest absolute Gasteiger partial charge is 0.312 e. The van der Waals surface area contributed by atoms with Crippen molar-refractivity contribution in [2.75, 3.05) is 11.9 Å². The van der Waals surface area contributed by atoms with E-state index < -0.39 is 11.6 Å². The fraction of sp³-hybridized carbons (Fsp3) is 0.538. The molecule has 0 heterocycles. The molecule has 1 aromatic rings. The van der Waals surface area contributed by atoms with E-state index in [4.69, 9.17) is 0 Å². The van der Waals surface area contributed by atoms with Crippen molar-refractivity contribution in [1.29, 1.82) is 0 Å². The summed E-state index contributed by atoms with van der Waals surface area (Å²) >= 11 is 3.38. The summed E-state index contributed by atoms with van der Waals surface area (Å²) in [6, 6.07) is 3.96. The Labute approximate surface area is 110 Å². The van der Waals surface area contributed by atoms with Gasteiger partial charge in [-0.3, -0.25) is 0 Å². The van der Waals surface area contributed by atoms with Gasteiger partial charge < -0.3 is 5.32 Å². The van der Waals surface area contributed by atoms with Crippen molar-refractivity contribution in [2.45, 2.75) is 32.2 Å². The Morgan fingerprint density at radius 2 is 1.65 bits per heavy atom. The van der Waals surface area contributed by atoms with E-state index in [1.165, 1.54) is 31.0 Å². The first-order valence-electron chi connectivity index (χ1n) is 5.95. The number of halogens is 3. The minimum absolute atomic E-state index is 0.132. The third-order valence-electron chi connectivity index (χ3n) is 2.60. The average molecular weight is 306 g/mol. The number of hydrogen-bond donors (Lipinski definition) is 1. The molecule has 0 aliphatic carbocycles. The maximum atomic E-state index is 13.2. The summed E-state index contributed by atoms with van der Waals surface area (Å²) in [5.41, 5.74) is 0.132. The van der Waals surface area contributed by atoms with Crippen molar-refractivity contribution in [1.82, 2.24) is 5.32 Å². The van der Waals surface area contributed by atoms with Crippen molar-refractivity contribution in [3.8, 4) is 0 Å². The predicted octanol–water partition coefficient (Wildman–Crippen LogP) is 4.01. The first-order chi connectivity index (χ1) is 8.25. The van der Waals surface area contributed by atoms with Gasteiger partial charge in [0.05, 0.1) is 0 Å². The lowest BCUT2D eigenvalue weighted by molar-refractivity contribution is 0.527. The first-order valence-corrected chi connectivity index (χ1v) is 7.07. The Morgan fingerprint density at radius 1 is 1.00 bits per heavy atom. The van der Waals surface area contributed by atoms with Crippen LogP contribution in [-0.4, -0.2) is 11.9 Å². The third-order valence-corrected chi connectivity index (χ3v) is 3.16. The molecule has 0 saturated carbocycles. The highest BCUT2D eigenvalue weighted by Crippen LogP contribution is 2.11. The number of alkyl halides is 1. The molecular formula is C13H18BrF2N. The molecule has 0 radical (unpaired) electrons. The zero-order valence-electron chi connectivity index (χ0n) is 9.82. The van der Waals surface area contributed by atoms with Crippen molar-refractivity contribution < 1.29 is 8.78 Å². The number of hydrogen-bond acceptors (Lipinski definition) is 1. The molecule has 1 rings (SSSR count). The van der Waals surface area contributed by atoms with Crippen molar-refractivity contribution in [3.05, 3.63) is 35.4 Å². The van der Waals surface area contributed by atoms with Gasteiger partial charge in [0.2, 0.25) is 0 Å². The normalized spacial score (nSPS) is 10.8. The molecule has 1 aromatic carbocycles. The second kappa shape index (κ2) is 8.59. The highest BCUT2D eigenvalue weighted by Gasteiger charge is 2.06. The molecule has 0 unspecified atom stereocenters. The van der Waals surface area contributed by atoms with E-state index in [0.717, 1.165) is 24.7 Å². The molecule has 0 aliphatic rings. The van der Waals surface area contributed by atoms with E-state index in [-0.39, 0.29) is 12.1 Å². The quantitative estimate of drug-likeness (QED) is 0.565. The van der Waals surface area contributed by atoms with E-state index >= 15 is 0 Å². The molecule has 0 saturated heterocycles. The van der Waals surface area contributed by atoms with E-state index in [9.17, 15) is 8.78 Å². The summed E-state index contributed by atoms with van der Waals surface area (Å²) in [4.78, 5) is 0. The Morgan fingerprint density at radius 3 is 2.29 bits per heavy atom. The van der Waals surface area contributed by atoms with Crippen LogP contribution in [0.15, 0.2) is 18.2 Å². The summed E-state index contributed by atoms with van der Waals surface area (Å²) < 4.78 is 26.5. The molecular weight excluding hydrogens is 288 g/mol. The minimum Gasteiger partial charge on any atom is -0.312 e. The molecule has 0 spiro atoms. The Hall–Kier alpha value is -0.480. The van der Waals surface area contributed by atoms with E-state index in [1.807, 2.05) is 0 Å². The standard InChI is InChI=1S/C13H18BrF2N/c14-8-3-1-2-4-9-17-10-11-12(15)6-5-7-13(11)16/h5-7,17H,1-4,8-10H2. The molecule has 17 heavy (non-hydrogen) atoms. The molecule has 4 heteroatoms. The van der Waals surface area contributed by atoms with Crippen molar-refractivity contribution in [3.63, 3.8) is 0 Å². The lowest BCUT2D eigenvalue weighted by atomic mass is 10.2. The second-order valence-corrected chi connectivity index (χ2v) is 4.77. The van der Waals surface area contributed by atoms with E-state index in [0.29, 0.717) is 0 Å². The molecule has 1 nitrogen and oxygen atoms in total. The second-order valence-electron chi connectivity index (χ2n) is 3.98. The maximum absolute atomic E-state index is 13.2. The monoisotopic (exact) mass is 305 g/mol. The molecule has 0 atom stereocenters. The number of nitrogens with one attached hydrogen (secondary N) is 1. The van der Waals surface area contributed by atoms with Gasteiger partial charge in [-0.1, -0.05) is 34.8 Å². The molecule has 0 aromatic heterocycles. The lowest BCUT2D eigenvalue weighted by Gasteiger charge is -2.06. The van der Waals surface area contributed by atoms with Gasteiger partial charge in [0, 0.05) is 17.4 Å². The maximum Gasteiger partial charge on any atom is 0.130 e. The van der Waals surface area contributed by atoms with Crippen molar-refractivity contribution in [2.24, 2.45) is 0 Å².